The van der Waals surface area contributed by atoms with Gasteiger partial charge >= 0.3 is 11.9 Å². The third-order valence-corrected chi connectivity index (χ3v) is 11.4. The molecule has 2 N–H and O–H groups in total. The van der Waals surface area contributed by atoms with Gasteiger partial charge in [-0.25, -0.2) is 0 Å². The van der Waals surface area contributed by atoms with Gasteiger partial charge in [0.15, 0.2) is 0 Å². The number of carbonyl (C=O) groups is 2. The molecule has 0 saturated heterocycles. The third-order valence-electron chi connectivity index (χ3n) is 11.4. The van der Waals surface area contributed by atoms with Crippen molar-refractivity contribution < 1.29 is 28.5 Å². The van der Waals surface area contributed by atoms with Gasteiger partial charge in [-0.05, 0) is 153 Å². The number of rotatable bonds is 9. The second kappa shape index (κ2) is 14.4. The van der Waals surface area contributed by atoms with Crippen LogP contribution in [0.5, 0.6) is 23.0 Å². The van der Waals surface area contributed by atoms with Crippen LogP contribution in [0, 0.1) is 13.8 Å². The Balaban J connectivity index is 1.38. The summed E-state index contributed by atoms with van der Waals surface area (Å²) in [5, 5.41) is 3.86. The number of nitrogens with one attached hydrogen (secondary N) is 2. The Kier molecular flexibility index (Phi) is 9.65. The highest BCUT2D eigenvalue weighted by Crippen LogP contribution is 2.52. The molecule has 298 valence electrons. The fourth-order valence-corrected chi connectivity index (χ4v) is 8.64. The van der Waals surface area contributed by atoms with Crippen LogP contribution in [0.15, 0.2) is 71.8 Å². The zero-order valence-corrected chi connectivity index (χ0v) is 35.2. The van der Waals surface area contributed by atoms with Gasteiger partial charge in [-0.3, -0.25) is 9.59 Å². The van der Waals surface area contributed by atoms with Crippen LogP contribution in [0.25, 0.3) is 66.9 Å². The van der Waals surface area contributed by atoms with Crippen LogP contribution < -0.4 is 18.9 Å². The lowest BCUT2D eigenvalue weighted by Crippen LogP contribution is -2.31. The summed E-state index contributed by atoms with van der Waals surface area (Å²) in [7, 11) is 0. The number of carbonyl (C=O) groups excluding carboxylic acids is 2. The molecule has 8 rings (SSSR count). The second-order valence-electron chi connectivity index (χ2n) is 17.0. The van der Waals surface area contributed by atoms with E-state index in [4.69, 9.17) is 18.9 Å². The average molecular weight is 777 g/mol. The maximum absolute atomic E-state index is 12.9. The van der Waals surface area contributed by atoms with Crippen molar-refractivity contribution in [2.45, 2.75) is 106 Å². The van der Waals surface area contributed by atoms with Gasteiger partial charge in [0, 0.05) is 46.5 Å². The highest BCUT2D eigenvalue weighted by molar-refractivity contribution is 6.22. The van der Waals surface area contributed by atoms with Gasteiger partial charge in [-0.1, -0.05) is 23.3 Å². The lowest BCUT2D eigenvalue weighted by atomic mass is 9.92. The van der Waals surface area contributed by atoms with Crippen LogP contribution in [-0.4, -0.2) is 33.1 Å². The highest BCUT2D eigenvalue weighted by atomic mass is 16.5. The van der Waals surface area contributed by atoms with Crippen molar-refractivity contribution in [1.29, 1.82) is 0 Å². The molecule has 0 aliphatic carbocycles. The van der Waals surface area contributed by atoms with Crippen molar-refractivity contribution >= 4 is 67.7 Å². The number of allylic oxidation sites excluding steroid dienone is 4. The Morgan fingerprint density at radius 2 is 1.00 bits per heavy atom. The molecular formula is C50H52N2O6. The number of hydrogen-bond donors (Lipinski definition) is 2. The number of benzene rings is 4. The first-order valence-corrected chi connectivity index (χ1v) is 20.2. The number of aryl methyl sites for hydroxylation is 2. The zero-order chi connectivity index (χ0) is 41.3. The molecule has 0 bridgehead atoms. The first-order valence-electron chi connectivity index (χ1n) is 20.2. The van der Waals surface area contributed by atoms with Crippen molar-refractivity contribution in [3.8, 4) is 34.1 Å². The average Bonchev–Trinajstić information content (AvgIpc) is 3.69. The van der Waals surface area contributed by atoms with E-state index in [1.807, 2.05) is 26.0 Å². The van der Waals surface area contributed by atoms with E-state index in [0.717, 1.165) is 103 Å². The first-order chi connectivity index (χ1) is 27.5. The minimum Gasteiger partial charge on any atom is -0.483 e. The van der Waals surface area contributed by atoms with Gasteiger partial charge in [0.1, 0.15) is 34.2 Å². The van der Waals surface area contributed by atoms with Gasteiger partial charge in [-0.15, -0.1) is 0 Å². The quantitative estimate of drug-likeness (QED) is 0.0861. The standard InChI is InChI=1S/C50H52N2O6/c1-27(2)13-11-21-49(9)23-19-35-39(57-49)17-15-33-37-25-29(5)47(55-31(7)53)41(45(37)51-43(33)35)42-46-38(26-30(6)48(42)56-32(8)54)34-16-18-40-36(44(34)52-46)20-24-50(10,58-40)22-12-14-28(3)4/h13-20,23-26,51-52H,11-12,21-22H2,1-10H3. The number of H-pyrrole nitrogens is 2. The number of aromatic nitrogens is 2. The molecule has 58 heavy (non-hydrogen) atoms. The lowest BCUT2D eigenvalue weighted by Gasteiger charge is -2.31. The minimum atomic E-state index is -0.459. The summed E-state index contributed by atoms with van der Waals surface area (Å²) in [6.07, 6.45) is 16.6. The molecule has 4 aromatic carbocycles. The Bertz CT molecular complexity index is 2640. The van der Waals surface area contributed by atoms with E-state index in [1.54, 1.807) is 0 Å². The smallest absolute Gasteiger partial charge is 0.308 e. The molecule has 6 aromatic rings. The molecule has 8 heteroatoms. The summed E-state index contributed by atoms with van der Waals surface area (Å²) >= 11 is 0. The van der Waals surface area contributed by atoms with Crippen molar-refractivity contribution in [3.05, 3.63) is 94.1 Å². The van der Waals surface area contributed by atoms with Crippen LogP contribution in [-0.2, 0) is 9.59 Å². The highest BCUT2D eigenvalue weighted by Gasteiger charge is 2.32. The topological polar surface area (TPSA) is 103 Å². The van der Waals surface area contributed by atoms with Crippen molar-refractivity contribution in [1.82, 2.24) is 9.97 Å². The molecule has 0 spiro atoms. The van der Waals surface area contributed by atoms with Crippen molar-refractivity contribution in [3.63, 3.8) is 0 Å². The van der Waals surface area contributed by atoms with Gasteiger partial charge in [0.05, 0.1) is 33.2 Å². The van der Waals surface area contributed by atoms with Crippen molar-refractivity contribution in [2.24, 2.45) is 0 Å². The Morgan fingerprint density at radius 1 is 0.603 bits per heavy atom. The van der Waals surface area contributed by atoms with E-state index in [2.05, 4.69) is 112 Å². The molecule has 2 aromatic heterocycles. The molecule has 8 nitrogen and oxygen atoms in total. The molecule has 0 saturated carbocycles. The molecule has 2 aliphatic rings. The maximum atomic E-state index is 12.9. The van der Waals surface area contributed by atoms with Gasteiger partial charge in [0.2, 0.25) is 0 Å². The minimum absolute atomic E-state index is 0.385. The molecule has 0 amide bonds. The molecule has 4 heterocycles. The van der Waals surface area contributed by atoms with E-state index in [-0.39, 0.29) is 0 Å². The van der Waals surface area contributed by atoms with E-state index in [9.17, 15) is 9.59 Å². The molecule has 2 aliphatic heterocycles. The SMILES string of the molecule is CC(=O)Oc1c(C)cc2c([nH]c3c4c(ccc32)OC(C)(CCC=C(C)C)C=C4)c1-c1c(OC(C)=O)c(C)cc2c1[nH]c1c3c(ccc12)OC(C)(CCC=C(C)C)C=C3. The lowest BCUT2D eigenvalue weighted by molar-refractivity contribution is -0.132. The van der Waals surface area contributed by atoms with Crippen LogP contribution in [0.4, 0.5) is 0 Å². The van der Waals surface area contributed by atoms with Gasteiger partial charge in [0.25, 0.3) is 0 Å². The molecule has 0 fully saturated rings. The fourth-order valence-electron chi connectivity index (χ4n) is 8.64. The Labute approximate surface area is 339 Å². The monoisotopic (exact) mass is 776 g/mol. The summed E-state index contributed by atoms with van der Waals surface area (Å²) in [4.78, 5) is 33.3. The number of aromatic amines is 2. The van der Waals surface area contributed by atoms with Crippen molar-refractivity contribution in [2.75, 3.05) is 0 Å². The van der Waals surface area contributed by atoms with Gasteiger partial charge < -0.3 is 28.9 Å². The molecule has 2 atom stereocenters. The van der Waals surface area contributed by atoms with E-state index in [1.165, 1.54) is 25.0 Å². The molecule has 2 unspecified atom stereocenters. The number of hydrogen-bond acceptors (Lipinski definition) is 6. The fraction of sp³-hybridized carbons (Fsp3) is 0.320. The van der Waals surface area contributed by atoms with Crippen LogP contribution >= 0.6 is 0 Å². The summed E-state index contributed by atoms with van der Waals surface area (Å²) in [5.41, 5.74) is 9.60. The van der Waals surface area contributed by atoms with Gasteiger partial charge in [-0.2, -0.15) is 0 Å². The maximum Gasteiger partial charge on any atom is 0.308 e. The normalized spacial score (nSPS) is 18.2. The Morgan fingerprint density at radius 3 is 1.36 bits per heavy atom. The van der Waals surface area contributed by atoms with Crippen LogP contribution in [0.1, 0.15) is 103 Å². The third kappa shape index (κ3) is 6.88. The summed E-state index contributed by atoms with van der Waals surface area (Å²) in [6, 6.07) is 12.4. The van der Waals surface area contributed by atoms with Crippen LogP contribution in [0.2, 0.25) is 0 Å². The summed E-state index contributed by atoms with van der Waals surface area (Å²) < 4.78 is 25.6. The number of fused-ring (bicyclic) bond motifs is 10. The largest absolute Gasteiger partial charge is 0.483 e. The van der Waals surface area contributed by atoms with E-state index >= 15 is 0 Å². The molecule has 0 radical (unpaired) electrons. The number of esters is 2. The Hall–Kier alpha value is -6.02. The summed E-state index contributed by atoms with van der Waals surface area (Å²) in [6.45, 7) is 19.4. The molecular weight excluding hydrogens is 725 g/mol. The summed E-state index contributed by atoms with van der Waals surface area (Å²) in [5.74, 6) is 1.44. The van der Waals surface area contributed by atoms with E-state index < -0.39 is 23.1 Å². The van der Waals surface area contributed by atoms with E-state index in [0.29, 0.717) is 22.6 Å². The second-order valence-corrected chi connectivity index (χ2v) is 17.0. The zero-order valence-electron chi connectivity index (χ0n) is 35.2. The number of ether oxygens (including phenoxy) is 4. The first kappa shape index (κ1) is 38.8. The van der Waals surface area contributed by atoms with Crippen LogP contribution in [0.3, 0.4) is 0 Å². The predicted molar refractivity (Wildman–Crippen MR) is 236 cm³/mol. The predicted octanol–water partition coefficient (Wildman–Crippen LogP) is 12.9.